The van der Waals surface area contributed by atoms with Crippen LogP contribution in [0.4, 0.5) is 0 Å². The molecule has 2 aliphatic rings. The lowest BCUT2D eigenvalue weighted by Crippen LogP contribution is -2.38. The Morgan fingerprint density at radius 1 is 0.880 bits per heavy atom. The summed E-state index contributed by atoms with van der Waals surface area (Å²) in [6.45, 7) is 2.87. The summed E-state index contributed by atoms with van der Waals surface area (Å²) < 4.78 is 0. The lowest BCUT2D eigenvalue weighted by molar-refractivity contribution is -0.134. The SMILES string of the molecule is O=C(Cc1cccc2ccccc12)N1CCCN(C(=O)C2CC2)CC1. The van der Waals surface area contributed by atoms with Crippen LogP contribution in [-0.2, 0) is 16.0 Å². The summed E-state index contributed by atoms with van der Waals surface area (Å²) in [5.74, 6) is 0.721. The van der Waals surface area contributed by atoms with Crippen LogP contribution in [-0.4, -0.2) is 47.8 Å². The van der Waals surface area contributed by atoms with E-state index < -0.39 is 0 Å². The average Bonchev–Trinajstić information content (AvgIpc) is 3.48. The highest BCUT2D eigenvalue weighted by molar-refractivity contribution is 5.90. The standard InChI is InChI=1S/C21H24N2O2/c24-20(15-18-7-3-6-16-5-1-2-8-19(16)18)22-11-4-12-23(14-13-22)21(25)17-9-10-17/h1-3,5-8,17H,4,9-15H2. The van der Waals surface area contributed by atoms with Gasteiger partial charge < -0.3 is 9.80 Å². The Hall–Kier alpha value is -2.36. The molecule has 1 aliphatic carbocycles. The molecular weight excluding hydrogens is 312 g/mol. The first-order chi connectivity index (χ1) is 12.2. The van der Waals surface area contributed by atoms with Crippen LogP contribution in [0.3, 0.4) is 0 Å². The maximum atomic E-state index is 12.8. The fourth-order valence-corrected chi connectivity index (χ4v) is 3.70. The number of carbonyl (C=O) groups is 2. The molecule has 2 aromatic rings. The molecule has 0 unspecified atom stereocenters. The number of hydrogen-bond donors (Lipinski definition) is 0. The molecule has 0 radical (unpaired) electrons. The van der Waals surface area contributed by atoms with E-state index in [1.807, 2.05) is 34.1 Å². The molecule has 0 spiro atoms. The zero-order valence-electron chi connectivity index (χ0n) is 14.5. The predicted molar refractivity (Wildman–Crippen MR) is 98.2 cm³/mol. The van der Waals surface area contributed by atoms with E-state index in [-0.39, 0.29) is 11.8 Å². The van der Waals surface area contributed by atoms with E-state index in [1.165, 1.54) is 5.39 Å². The molecule has 2 aromatic carbocycles. The molecular formula is C21H24N2O2. The van der Waals surface area contributed by atoms with Crippen molar-refractivity contribution in [2.75, 3.05) is 26.2 Å². The fraction of sp³-hybridized carbons (Fsp3) is 0.429. The van der Waals surface area contributed by atoms with E-state index >= 15 is 0 Å². The second-order valence-electron chi connectivity index (χ2n) is 7.15. The van der Waals surface area contributed by atoms with Crippen molar-refractivity contribution in [1.29, 1.82) is 0 Å². The van der Waals surface area contributed by atoms with Gasteiger partial charge in [-0.2, -0.15) is 0 Å². The summed E-state index contributed by atoms with van der Waals surface area (Å²) in [6, 6.07) is 14.3. The van der Waals surface area contributed by atoms with Gasteiger partial charge in [-0.25, -0.2) is 0 Å². The van der Waals surface area contributed by atoms with Crippen LogP contribution < -0.4 is 0 Å². The molecule has 0 atom stereocenters. The van der Waals surface area contributed by atoms with Gasteiger partial charge in [0.15, 0.2) is 0 Å². The summed E-state index contributed by atoms with van der Waals surface area (Å²) in [6.07, 6.45) is 3.38. The molecule has 1 heterocycles. The Morgan fingerprint density at radius 2 is 1.60 bits per heavy atom. The Bertz CT molecular complexity index is 792. The van der Waals surface area contributed by atoms with Crippen molar-refractivity contribution in [2.24, 2.45) is 5.92 Å². The maximum Gasteiger partial charge on any atom is 0.227 e. The lowest BCUT2D eigenvalue weighted by Gasteiger charge is -2.22. The van der Waals surface area contributed by atoms with E-state index in [0.717, 1.165) is 43.3 Å². The van der Waals surface area contributed by atoms with Crippen molar-refractivity contribution in [3.05, 3.63) is 48.0 Å². The third-order valence-electron chi connectivity index (χ3n) is 5.31. The van der Waals surface area contributed by atoms with Gasteiger partial charge in [0.05, 0.1) is 6.42 Å². The minimum absolute atomic E-state index is 0.164. The molecule has 4 heteroatoms. The largest absolute Gasteiger partial charge is 0.341 e. The third kappa shape index (κ3) is 3.53. The van der Waals surface area contributed by atoms with Crippen molar-refractivity contribution in [1.82, 2.24) is 9.80 Å². The Morgan fingerprint density at radius 3 is 2.44 bits per heavy atom. The quantitative estimate of drug-likeness (QED) is 0.865. The molecule has 1 saturated heterocycles. The summed E-state index contributed by atoms with van der Waals surface area (Å²) in [7, 11) is 0. The second-order valence-corrected chi connectivity index (χ2v) is 7.15. The Kier molecular flexibility index (Phi) is 4.43. The van der Waals surface area contributed by atoms with Gasteiger partial charge in [0.1, 0.15) is 0 Å². The number of fused-ring (bicyclic) bond motifs is 1. The van der Waals surface area contributed by atoms with Gasteiger partial charge in [0.2, 0.25) is 11.8 Å². The van der Waals surface area contributed by atoms with Crippen molar-refractivity contribution in [3.8, 4) is 0 Å². The molecule has 0 N–H and O–H groups in total. The van der Waals surface area contributed by atoms with Crippen LogP contribution in [0.15, 0.2) is 42.5 Å². The number of amides is 2. The fourth-order valence-electron chi connectivity index (χ4n) is 3.70. The average molecular weight is 336 g/mol. The van der Waals surface area contributed by atoms with Crippen molar-refractivity contribution in [3.63, 3.8) is 0 Å². The maximum absolute atomic E-state index is 12.8. The van der Waals surface area contributed by atoms with Crippen LogP contribution in [0.1, 0.15) is 24.8 Å². The van der Waals surface area contributed by atoms with E-state index in [9.17, 15) is 9.59 Å². The van der Waals surface area contributed by atoms with Crippen LogP contribution in [0, 0.1) is 5.92 Å². The molecule has 4 rings (SSSR count). The monoisotopic (exact) mass is 336 g/mol. The zero-order valence-corrected chi connectivity index (χ0v) is 14.5. The molecule has 130 valence electrons. The molecule has 1 aliphatic heterocycles. The highest BCUT2D eigenvalue weighted by Gasteiger charge is 2.34. The molecule has 0 bridgehead atoms. The molecule has 2 fully saturated rings. The normalized spacial score (nSPS) is 18.2. The highest BCUT2D eigenvalue weighted by atomic mass is 16.2. The summed E-state index contributed by atoms with van der Waals surface area (Å²) in [5.41, 5.74) is 1.08. The van der Waals surface area contributed by atoms with Gasteiger partial charge in [0, 0.05) is 32.1 Å². The van der Waals surface area contributed by atoms with Gasteiger partial charge in [-0.15, -0.1) is 0 Å². The first kappa shape index (κ1) is 16.1. The van der Waals surface area contributed by atoms with Gasteiger partial charge in [-0.3, -0.25) is 9.59 Å². The van der Waals surface area contributed by atoms with Crippen molar-refractivity contribution in [2.45, 2.75) is 25.7 Å². The van der Waals surface area contributed by atoms with E-state index in [0.29, 0.717) is 25.4 Å². The smallest absolute Gasteiger partial charge is 0.227 e. The number of nitrogens with zero attached hydrogens (tertiary/aromatic N) is 2. The van der Waals surface area contributed by atoms with Crippen LogP contribution in [0.5, 0.6) is 0 Å². The summed E-state index contributed by atoms with van der Waals surface area (Å²) >= 11 is 0. The predicted octanol–water partition coefficient (Wildman–Crippen LogP) is 2.85. The molecule has 1 saturated carbocycles. The zero-order chi connectivity index (χ0) is 17.2. The Balaban J connectivity index is 1.43. The van der Waals surface area contributed by atoms with Crippen LogP contribution >= 0.6 is 0 Å². The molecule has 25 heavy (non-hydrogen) atoms. The highest BCUT2D eigenvalue weighted by Crippen LogP contribution is 2.31. The van der Waals surface area contributed by atoms with Crippen LogP contribution in [0.25, 0.3) is 10.8 Å². The van der Waals surface area contributed by atoms with E-state index in [2.05, 4.69) is 18.2 Å². The minimum Gasteiger partial charge on any atom is -0.341 e. The van der Waals surface area contributed by atoms with Gasteiger partial charge in [-0.1, -0.05) is 42.5 Å². The molecule has 2 amide bonds. The van der Waals surface area contributed by atoms with Crippen LogP contribution in [0.2, 0.25) is 0 Å². The van der Waals surface area contributed by atoms with Crippen molar-refractivity contribution >= 4 is 22.6 Å². The first-order valence-corrected chi connectivity index (χ1v) is 9.25. The van der Waals surface area contributed by atoms with Gasteiger partial charge in [-0.05, 0) is 35.6 Å². The Labute approximate surface area is 148 Å². The van der Waals surface area contributed by atoms with Gasteiger partial charge >= 0.3 is 0 Å². The van der Waals surface area contributed by atoms with E-state index in [1.54, 1.807) is 0 Å². The summed E-state index contributed by atoms with van der Waals surface area (Å²) in [4.78, 5) is 29.0. The second kappa shape index (κ2) is 6.87. The molecule has 0 aromatic heterocycles. The van der Waals surface area contributed by atoms with Crippen molar-refractivity contribution < 1.29 is 9.59 Å². The number of benzene rings is 2. The lowest BCUT2D eigenvalue weighted by atomic mass is 10.0. The molecule has 4 nitrogen and oxygen atoms in total. The third-order valence-corrected chi connectivity index (χ3v) is 5.31. The minimum atomic E-state index is 0.164. The number of rotatable bonds is 3. The number of hydrogen-bond acceptors (Lipinski definition) is 2. The van der Waals surface area contributed by atoms with Gasteiger partial charge in [0.25, 0.3) is 0 Å². The van der Waals surface area contributed by atoms with E-state index in [4.69, 9.17) is 0 Å². The number of carbonyl (C=O) groups excluding carboxylic acids is 2. The first-order valence-electron chi connectivity index (χ1n) is 9.25. The topological polar surface area (TPSA) is 40.6 Å². The summed E-state index contributed by atoms with van der Waals surface area (Å²) in [5, 5.41) is 2.32.